The number of amides is 2. The first kappa shape index (κ1) is 35.5. The van der Waals surface area contributed by atoms with Crippen molar-refractivity contribution in [2.45, 2.75) is 75.9 Å². The number of halogens is 2. The molecule has 1 fully saturated rings. The summed E-state index contributed by atoms with van der Waals surface area (Å²) in [5.74, 6) is -0.814. The quantitative estimate of drug-likeness (QED) is 0.162. The Kier molecular flexibility index (Phi) is 11.8. The van der Waals surface area contributed by atoms with E-state index in [2.05, 4.69) is 5.32 Å². The number of carbonyl (C=O) groups is 2. The van der Waals surface area contributed by atoms with Gasteiger partial charge in [0, 0.05) is 19.0 Å². The van der Waals surface area contributed by atoms with E-state index in [1.165, 1.54) is 23.1 Å². The largest absolute Gasteiger partial charge is 0.352 e. The molecule has 7 nitrogen and oxygen atoms in total. The van der Waals surface area contributed by atoms with Gasteiger partial charge in [-0.15, -0.1) is 0 Å². The van der Waals surface area contributed by atoms with Gasteiger partial charge in [-0.05, 0) is 67.6 Å². The lowest BCUT2D eigenvalue weighted by Crippen LogP contribution is -2.55. The summed E-state index contributed by atoms with van der Waals surface area (Å²) in [6, 6.07) is 27.4. The highest BCUT2D eigenvalue weighted by Gasteiger charge is 2.36. The van der Waals surface area contributed by atoms with E-state index in [9.17, 15) is 18.0 Å². The van der Waals surface area contributed by atoms with Gasteiger partial charge in [0.2, 0.25) is 11.8 Å². The Hall–Kier alpha value is -3.85. The van der Waals surface area contributed by atoms with Crippen LogP contribution in [0.15, 0.2) is 102 Å². The molecule has 1 unspecified atom stereocenters. The maximum atomic E-state index is 14.8. The van der Waals surface area contributed by atoms with Gasteiger partial charge in [0.05, 0.1) is 20.6 Å². The third kappa shape index (κ3) is 8.59. The SMILES string of the molecule is Cc1ccc(S(=O)(=O)N(CC(=O)N(Cc2ccccc2C)C(Cc2ccccc2)C(=O)NC2CCCCC2)c2cccc(Cl)c2Cl)cc1. The summed E-state index contributed by atoms with van der Waals surface area (Å²) in [7, 11) is -4.31. The van der Waals surface area contributed by atoms with Gasteiger partial charge < -0.3 is 10.2 Å². The third-order valence-electron chi connectivity index (χ3n) is 8.91. The Morgan fingerprint density at radius 1 is 0.833 bits per heavy atom. The van der Waals surface area contributed by atoms with Gasteiger partial charge >= 0.3 is 0 Å². The number of hydrogen-bond acceptors (Lipinski definition) is 4. The summed E-state index contributed by atoms with van der Waals surface area (Å²) in [5, 5.41) is 3.39. The molecule has 0 heterocycles. The standard InChI is InChI=1S/C38H41Cl2N3O4S/c1-27-20-22-32(23-21-27)48(46,47)43(34-19-11-18-33(39)37(34)40)26-36(44)42(25-30-15-10-9-12-28(30)2)35(24-29-13-5-3-6-14-29)38(45)41-31-16-7-4-8-17-31/h3,5-6,9-15,18-23,31,35H,4,7-8,16-17,24-26H2,1-2H3,(H,41,45). The molecule has 10 heteroatoms. The Morgan fingerprint density at radius 3 is 2.19 bits per heavy atom. The third-order valence-corrected chi connectivity index (χ3v) is 11.5. The summed E-state index contributed by atoms with van der Waals surface area (Å²) in [6.07, 6.45) is 5.21. The molecule has 252 valence electrons. The molecule has 0 radical (unpaired) electrons. The first-order valence-electron chi connectivity index (χ1n) is 16.3. The van der Waals surface area contributed by atoms with Gasteiger partial charge in [-0.3, -0.25) is 13.9 Å². The molecule has 4 aromatic rings. The maximum absolute atomic E-state index is 14.8. The molecule has 5 rings (SSSR count). The zero-order valence-corrected chi connectivity index (χ0v) is 29.6. The number of sulfonamides is 1. The first-order valence-corrected chi connectivity index (χ1v) is 18.5. The summed E-state index contributed by atoms with van der Waals surface area (Å²) in [6.45, 7) is 3.30. The predicted octanol–water partition coefficient (Wildman–Crippen LogP) is 7.89. The lowest BCUT2D eigenvalue weighted by Gasteiger charge is -2.35. The number of nitrogens with zero attached hydrogens (tertiary/aromatic N) is 2. The van der Waals surface area contributed by atoms with Gasteiger partial charge in [-0.2, -0.15) is 0 Å². The summed E-state index contributed by atoms with van der Waals surface area (Å²) < 4.78 is 29.6. The van der Waals surface area contributed by atoms with E-state index in [1.807, 2.05) is 68.4 Å². The minimum Gasteiger partial charge on any atom is -0.352 e. The summed E-state index contributed by atoms with van der Waals surface area (Å²) >= 11 is 13.0. The monoisotopic (exact) mass is 705 g/mol. The minimum absolute atomic E-state index is 0.00160. The van der Waals surface area contributed by atoms with Crippen LogP contribution in [0.5, 0.6) is 0 Å². The van der Waals surface area contributed by atoms with Crippen LogP contribution in [0, 0.1) is 13.8 Å². The molecule has 0 aliphatic heterocycles. The van der Waals surface area contributed by atoms with Crippen molar-refractivity contribution < 1.29 is 18.0 Å². The molecule has 0 bridgehead atoms. The predicted molar refractivity (Wildman–Crippen MR) is 193 cm³/mol. The van der Waals surface area contributed by atoms with E-state index in [0.717, 1.165) is 58.7 Å². The van der Waals surface area contributed by atoms with Crippen molar-refractivity contribution >= 4 is 50.7 Å². The van der Waals surface area contributed by atoms with Gasteiger partial charge in [0.15, 0.2) is 0 Å². The van der Waals surface area contributed by atoms with E-state index in [0.29, 0.717) is 0 Å². The Bertz CT molecular complexity index is 1830. The maximum Gasteiger partial charge on any atom is 0.264 e. The smallest absolute Gasteiger partial charge is 0.264 e. The minimum atomic E-state index is -4.31. The average molecular weight is 707 g/mol. The fourth-order valence-corrected chi connectivity index (χ4v) is 7.98. The van der Waals surface area contributed by atoms with Gasteiger partial charge in [-0.1, -0.05) is 121 Å². The Balaban J connectivity index is 1.59. The van der Waals surface area contributed by atoms with E-state index in [-0.39, 0.29) is 45.5 Å². The fraction of sp³-hybridized carbons (Fsp3) is 0.316. The number of carbonyl (C=O) groups excluding carboxylic acids is 2. The first-order chi connectivity index (χ1) is 23.0. The van der Waals surface area contributed by atoms with Crippen molar-refractivity contribution in [3.05, 3.63) is 129 Å². The van der Waals surface area contributed by atoms with Crippen LogP contribution in [0.1, 0.15) is 54.4 Å². The van der Waals surface area contributed by atoms with Crippen LogP contribution in [0.4, 0.5) is 5.69 Å². The number of nitrogens with one attached hydrogen (secondary N) is 1. The van der Waals surface area contributed by atoms with Crippen molar-refractivity contribution in [2.75, 3.05) is 10.8 Å². The molecule has 4 aromatic carbocycles. The average Bonchev–Trinajstić information content (AvgIpc) is 3.08. The Labute approximate surface area is 293 Å². The van der Waals surface area contributed by atoms with Crippen LogP contribution in [0.3, 0.4) is 0 Å². The molecule has 0 aromatic heterocycles. The van der Waals surface area contributed by atoms with Crippen LogP contribution >= 0.6 is 23.2 Å². The van der Waals surface area contributed by atoms with Gasteiger partial charge in [0.1, 0.15) is 12.6 Å². The second-order valence-corrected chi connectivity index (χ2v) is 15.0. The summed E-state index contributed by atoms with van der Waals surface area (Å²) in [4.78, 5) is 30.5. The van der Waals surface area contributed by atoms with E-state index >= 15 is 0 Å². The molecule has 1 aliphatic rings. The molecule has 2 amide bonds. The highest BCUT2D eigenvalue weighted by Crippen LogP contribution is 2.36. The molecule has 1 N–H and O–H groups in total. The molecular formula is C38H41Cl2N3O4S. The van der Waals surface area contributed by atoms with Crippen LogP contribution < -0.4 is 9.62 Å². The van der Waals surface area contributed by atoms with E-state index in [1.54, 1.807) is 24.3 Å². The van der Waals surface area contributed by atoms with Crippen LogP contribution in [0.25, 0.3) is 0 Å². The lowest BCUT2D eigenvalue weighted by atomic mass is 9.94. The number of hydrogen-bond donors (Lipinski definition) is 1. The Morgan fingerprint density at radius 2 is 1.50 bits per heavy atom. The second kappa shape index (κ2) is 16.0. The summed E-state index contributed by atoms with van der Waals surface area (Å²) in [5.41, 5.74) is 3.63. The fourth-order valence-electron chi connectivity index (χ4n) is 6.11. The van der Waals surface area contributed by atoms with Crippen LogP contribution in [-0.4, -0.2) is 43.8 Å². The zero-order valence-electron chi connectivity index (χ0n) is 27.2. The zero-order chi connectivity index (χ0) is 34.3. The number of rotatable bonds is 12. The van der Waals surface area contributed by atoms with Crippen LogP contribution in [0.2, 0.25) is 10.0 Å². The van der Waals surface area contributed by atoms with Crippen molar-refractivity contribution in [3.63, 3.8) is 0 Å². The number of anilines is 1. The topological polar surface area (TPSA) is 86.8 Å². The van der Waals surface area contributed by atoms with Crippen molar-refractivity contribution in [2.24, 2.45) is 0 Å². The highest BCUT2D eigenvalue weighted by molar-refractivity contribution is 7.92. The molecule has 48 heavy (non-hydrogen) atoms. The molecule has 0 saturated heterocycles. The molecule has 0 spiro atoms. The number of aryl methyl sites for hydroxylation is 2. The molecule has 1 atom stereocenters. The van der Waals surface area contributed by atoms with Crippen molar-refractivity contribution in [3.8, 4) is 0 Å². The highest BCUT2D eigenvalue weighted by atomic mass is 35.5. The van der Waals surface area contributed by atoms with Crippen LogP contribution in [-0.2, 0) is 32.6 Å². The normalized spacial score (nSPS) is 14.2. The van der Waals surface area contributed by atoms with Gasteiger partial charge in [-0.25, -0.2) is 8.42 Å². The van der Waals surface area contributed by atoms with Crippen molar-refractivity contribution in [1.82, 2.24) is 10.2 Å². The van der Waals surface area contributed by atoms with E-state index in [4.69, 9.17) is 23.2 Å². The molecule has 1 aliphatic carbocycles. The lowest BCUT2D eigenvalue weighted by molar-refractivity contribution is -0.140. The van der Waals surface area contributed by atoms with Crippen molar-refractivity contribution in [1.29, 1.82) is 0 Å². The molecule has 1 saturated carbocycles. The van der Waals surface area contributed by atoms with Gasteiger partial charge in [0.25, 0.3) is 10.0 Å². The van der Waals surface area contributed by atoms with E-state index < -0.39 is 28.5 Å². The number of benzene rings is 4. The molecular weight excluding hydrogens is 665 g/mol. The second-order valence-electron chi connectivity index (χ2n) is 12.4.